The molecule has 4 nitrogen and oxygen atoms in total. The van der Waals surface area contributed by atoms with E-state index in [-0.39, 0.29) is 5.69 Å². The van der Waals surface area contributed by atoms with Crippen molar-refractivity contribution in [2.45, 2.75) is 31.7 Å². The lowest BCUT2D eigenvalue weighted by Crippen LogP contribution is -2.32. The maximum absolute atomic E-state index is 13.7. The lowest BCUT2D eigenvalue weighted by Gasteiger charge is -2.23. The Labute approximate surface area is 182 Å². The topological polar surface area (TPSA) is 54.0 Å². The van der Waals surface area contributed by atoms with Crippen molar-refractivity contribution in [3.63, 3.8) is 0 Å². The quantitative estimate of drug-likeness (QED) is 0.516. The summed E-state index contributed by atoms with van der Waals surface area (Å²) in [5.41, 5.74) is 1.77. The van der Waals surface area contributed by atoms with Gasteiger partial charge in [0.2, 0.25) is 0 Å². The summed E-state index contributed by atoms with van der Waals surface area (Å²) in [6.45, 7) is 0.0985. The van der Waals surface area contributed by atoms with Gasteiger partial charge in [0, 0.05) is 24.0 Å². The first-order chi connectivity index (χ1) is 15.4. The number of amides is 1. The molecule has 0 fully saturated rings. The first-order valence-corrected chi connectivity index (χ1v) is 10.2. The summed E-state index contributed by atoms with van der Waals surface area (Å²) in [5, 5.41) is 5.94. The summed E-state index contributed by atoms with van der Waals surface area (Å²) in [5.74, 6) is -0.529. The maximum Gasteiger partial charge on any atom is 0.418 e. The first kappa shape index (κ1) is 21.8. The van der Waals surface area contributed by atoms with E-state index in [9.17, 15) is 22.4 Å². The lowest BCUT2D eigenvalue weighted by molar-refractivity contribution is -0.138. The van der Waals surface area contributed by atoms with Gasteiger partial charge in [-0.3, -0.25) is 9.78 Å². The summed E-state index contributed by atoms with van der Waals surface area (Å²) < 4.78 is 54.0. The number of benzene rings is 2. The number of hydrogen-bond acceptors (Lipinski definition) is 3. The van der Waals surface area contributed by atoms with Gasteiger partial charge in [-0.25, -0.2) is 4.39 Å². The molecule has 1 aromatic heterocycles. The molecular weight excluding hydrogens is 422 g/mol. The Kier molecular flexibility index (Phi) is 6.12. The number of halogens is 4. The third-order valence-electron chi connectivity index (χ3n) is 5.47. The molecular formula is C24H21F4N3O. The van der Waals surface area contributed by atoms with Crippen molar-refractivity contribution >= 4 is 11.6 Å². The average molecular weight is 443 g/mol. The zero-order chi connectivity index (χ0) is 22.7. The predicted octanol–water partition coefficient (Wildman–Crippen LogP) is 5.45. The molecule has 0 unspecified atom stereocenters. The predicted molar refractivity (Wildman–Crippen MR) is 113 cm³/mol. The van der Waals surface area contributed by atoms with Crippen LogP contribution in [0.15, 0.2) is 60.8 Å². The Bertz CT molecular complexity index is 1110. The molecule has 1 aliphatic heterocycles. The number of alkyl halides is 4. The van der Waals surface area contributed by atoms with Gasteiger partial charge in [-0.05, 0) is 53.8 Å². The molecule has 1 amide bonds. The van der Waals surface area contributed by atoms with Gasteiger partial charge in [0.1, 0.15) is 6.67 Å². The fourth-order valence-corrected chi connectivity index (χ4v) is 3.81. The van der Waals surface area contributed by atoms with Crippen LogP contribution in [0.3, 0.4) is 0 Å². The number of fused-ring (bicyclic) bond motifs is 1. The second kappa shape index (κ2) is 8.98. The van der Waals surface area contributed by atoms with Gasteiger partial charge in [0.25, 0.3) is 5.91 Å². The number of aromatic nitrogens is 1. The average Bonchev–Trinajstić information content (AvgIpc) is 2.81. The molecule has 166 valence electrons. The standard InChI is InChI=1S/C24H21F4N3O/c25-14-15-5-7-17(8-6-15)21(22-19(24(26,27)28)4-2-12-30-22)31-23(32)18-10-9-16-3-1-11-29-20(16)13-18/h2,4-10,12-13,21,29H,1,3,11,14H2,(H,31,32)/t21-/m0/s1. The van der Waals surface area contributed by atoms with E-state index >= 15 is 0 Å². The van der Waals surface area contributed by atoms with Gasteiger partial charge < -0.3 is 10.6 Å². The fraction of sp³-hybridized carbons (Fsp3) is 0.250. The number of hydrogen-bond donors (Lipinski definition) is 2. The summed E-state index contributed by atoms with van der Waals surface area (Å²) in [6.07, 6.45) is -1.50. The summed E-state index contributed by atoms with van der Waals surface area (Å²) in [4.78, 5) is 17.0. The normalized spacial score (nSPS) is 14.2. The van der Waals surface area contributed by atoms with Crippen LogP contribution in [0.25, 0.3) is 0 Å². The molecule has 2 aromatic carbocycles. The van der Waals surface area contributed by atoms with E-state index < -0.39 is 30.4 Å². The van der Waals surface area contributed by atoms with E-state index in [1.54, 1.807) is 12.1 Å². The number of nitrogens with zero attached hydrogens (tertiary/aromatic N) is 1. The molecule has 4 rings (SSSR count). The molecule has 0 bridgehead atoms. The van der Waals surface area contributed by atoms with Gasteiger partial charge in [0.05, 0.1) is 17.3 Å². The van der Waals surface area contributed by atoms with Crippen LogP contribution in [0.1, 0.15) is 50.8 Å². The highest BCUT2D eigenvalue weighted by molar-refractivity contribution is 5.96. The second-order valence-corrected chi connectivity index (χ2v) is 7.62. The molecule has 8 heteroatoms. The highest BCUT2D eigenvalue weighted by atomic mass is 19.4. The van der Waals surface area contributed by atoms with Crippen LogP contribution in [-0.2, 0) is 19.3 Å². The Morgan fingerprint density at radius 1 is 1.12 bits per heavy atom. The van der Waals surface area contributed by atoms with Gasteiger partial charge in [-0.2, -0.15) is 13.2 Å². The minimum absolute atomic E-state index is 0.322. The van der Waals surface area contributed by atoms with Crippen molar-refractivity contribution in [1.82, 2.24) is 10.3 Å². The van der Waals surface area contributed by atoms with Crippen molar-refractivity contribution in [1.29, 1.82) is 0 Å². The molecule has 0 aliphatic carbocycles. The molecule has 0 radical (unpaired) electrons. The maximum atomic E-state index is 13.7. The summed E-state index contributed by atoms with van der Waals surface area (Å²) >= 11 is 0. The third-order valence-corrected chi connectivity index (χ3v) is 5.47. The Morgan fingerprint density at radius 2 is 1.91 bits per heavy atom. The van der Waals surface area contributed by atoms with Crippen LogP contribution in [-0.4, -0.2) is 17.4 Å². The molecule has 1 aliphatic rings. The third kappa shape index (κ3) is 4.59. The van der Waals surface area contributed by atoms with E-state index in [0.717, 1.165) is 36.7 Å². The summed E-state index contributed by atoms with van der Waals surface area (Å²) in [7, 11) is 0. The van der Waals surface area contributed by atoms with Gasteiger partial charge >= 0.3 is 6.18 Å². The van der Waals surface area contributed by atoms with E-state index in [0.29, 0.717) is 16.7 Å². The second-order valence-electron chi connectivity index (χ2n) is 7.62. The van der Waals surface area contributed by atoms with Crippen molar-refractivity contribution in [2.24, 2.45) is 0 Å². The van der Waals surface area contributed by atoms with Gasteiger partial charge in [-0.15, -0.1) is 0 Å². The Hall–Kier alpha value is -3.42. The minimum Gasteiger partial charge on any atom is -0.385 e. The number of nitrogens with one attached hydrogen (secondary N) is 2. The number of aryl methyl sites for hydroxylation is 1. The molecule has 2 heterocycles. The van der Waals surface area contributed by atoms with Crippen LogP contribution in [0.5, 0.6) is 0 Å². The lowest BCUT2D eigenvalue weighted by atomic mass is 9.97. The van der Waals surface area contributed by atoms with Gasteiger partial charge in [0.15, 0.2) is 0 Å². The fourth-order valence-electron chi connectivity index (χ4n) is 3.81. The van der Waals surface area contributed by atoms with Crippen LogP contribution >= 0.6 is 0 Å². The van der Waals surface area contributed by atoms with Crippen molar-refractivity contribution in [3.8, 4) is 0 Å². The minimum atomic E-state index is -4.65. The number of carbonyl (C=O) groups is 1. The number of rotatable bonds is 5. The molecule has 32 heavy (non-hydrogen) atoms. The van der Waals surface area contributed by atoms with Crippen LogP contribution < -0.4 is 10.6 Å². The zero-order valence-electron chi connectivity index (χ0n) is 17.0. The first-order valence-electron chi connectivity index (χ1n) is 10.2. The Balaban J connectivity index is 1.72. The van der Waals surface area contributed by atoms with Gasteiger partial charge in [-0.1, -0.05) is 30.3 Å². The van der Waals surface area contributed by atoms with Crippen LogP contribution in [0.4, 0.5) is 23.2 Å². The van der Waals surface area contributed by atoms with E-state index in [2.05, 4.69) is 15.6 Å². The summed E-state index contributed by atoms with van der Waals surface area (Å²) in [6, 6.07) is 12.1. The molecule has 0 spiro atoms. The monoisotopic (exact) mass is 443 g/mol. The Morgan fingerprint density at radius 3 is 2.62 bits per heavy atom. The molecule has 3 aromatic rings. The number of pyridine rings is 1. The van der Waals surface area contributed by atoms with E-state index in [1.165, 1.54) is 36.5 Å². The molecule has 2 N–H and O–H groups in total. The van der Waals surface area contributed by atoms with E-state index in [4.69, 9.17) is 0 Å². The number of carbonyl (C=O) groups excluding carboxylic acids is 1. The van der Waals surface area contributed by atoms with Crippen molar-refractivity contribution in [2.75, 3.05) is 11.9 Å². The highest BCUT2D eigenvalue weighted by Crippen LogP contribution is 2.35. The van der Waals surface area contributed by atoms with Crippen molar-refractivity contribution < 1.29 is 22.4 Å². The smallest absolute Gasteiger partial charge is 0.385 e. The molecule has 0 saturated heterocycles. The zero-order valence-corrected chi connectivity index (χ0v) is 17.0. The largest absolute Gasteiger partial charge is 0.418 e. The van der Waals surface area contributed by atoms with Crippen LogP contribution in [0.2, 0.25) is 0 Å². The molecule has 1 atom stereocenters. The SMILES string of the molecule is O=C(N[C@@H](c1ccc(CF)cc1)c1ncccc1C(F)(F)F)c1ccc2c(c1)NCCC2. The molecule has 0 saturated carbocycles. The van der Waals surface area contributed by atoms with Crippen molar-refractivity contribution in [3.05, 3.63) is 94.3 Å². The van der Waals surface area contributed by atoms with Crippen LogP contribution in [0, 0.1) is 0 Å². The van der Waals surface area contributed by atoms with E-state index in [1.807, 2.05) is 6.07 Å². The highest BCUT2D eigenvalue weighted by Gasteiger charge is 2.37. The number of anilines is 1.